The van der Waals surface area contributed by atoms with Crippen molar-refractivity contribution in [3.8, 4) is 16.9 Å². The summed E-state index contributed by atoms with van der Waals surface area (Å²) in [5, 5.41) is 17.4. The molecule has 0 saturated carbocycles. The van der Waals surface area contributed by atoms with Crippen molar-refractivity contribution in [3.63, 3.8) is 0 Å². The highest BCUT2D eigenvalue weighted by molar-refractivity contribution is 6.12. The first-order valence-corrected chi connectivity index (χ1v) is 10.9. The highest BCUT2D eigenvalue weighted by Gasteiger charge is 2.24. The fourth-order valence-corrected chi connectivity index (χ4v) is 3.94. The molecule has 1 atom stereocenters. The minimum absolute atomic E-state index is 0.133. The number of primary amides is 1. The first kappa shape index (κ1) is 23.7. The van der Waals surface area contributed by atoms with E-state index >= 15 is 0 Å². The van der Waals surface area contributed by atoms with Crippen molar-refractivity contribution in [2.24, 2.45) is 5.73 Å². The van der Waals surface area contributed by atoms with Gasteiger partial charge in [0.05, 0.1) is 47.2 Å². The van der Waals surface area contributed by atoms with Gasteiger partial charge in [-0.05, 0) is 60.0 Å². The van der Waals surface area contributed by atoms with Crippen LogP contribution in [-0.4, -0.2) is 37.1 Å². The van der Waals surface area contributed by atoms with Crippen LogP contribution in [-0.2, 0) is 9.53 Å². The Kier molecular flexibility index (Phi) is 6.65. The van der Waals surface area contributed by atoms with Crippen molar-refractivity contribution < 1.29 is 24.0 Å². The molecule has 0 spiro atoms. The SMILES string of the molecule is CCOCC(C(N)=O)c1ccc2c(c1)NC(=O)c1ccc(-c3ccc([N+](=O)[O-])c(OC)c3)cc1N2. The second-order valence-corrected chi connectivity index (χ2v) is 7.90. The third-order valence-corrected chi connectivity index (χ3v) is 5.77. The molecule has 0 radical (unpaired) electrons. The number of anilines is 3. The van der Waals surface area contributed by atoms with E-state index < -0.39 is 16.7 Å². The van der Waals surface area contributed by atoms with Gasteiger partial charge >= 0.3 is 5.69 Å². The van der Waals surface area contributed by atoms with E-state index in [9.17, 15) is 19.7 Å². The number of ether oxygens (including phenoxy) is 2. The van der Waals surface area contributed by atoms with Crippen molar-refractivity contribution in [3.05, 3.63) is 75.8 Å². The number of carbonyl (C=O) groups excluding carboxylic acids is 2. The minimum Gasteiger partial charge on any atom is -0.490 e. The van der Waals surface area contributed by atoms with Crippen molar-refractivity contribution in [2.75, 3.05) is 31.0 Å². The van der Waals surface area contributed by atoms with Gasteiger partial charge in [-0.15, -0.1) is 0 Å². The van der Waals surface area contributed by atoms with E-state index in [2.05, 4.69) is 10.6 Å². The van der Waals surface area contributed by atoms with Gasteiger partial charge in [0.2, 0.25) is 5.91 Å². The molecule has 4 rings (SSSR count). The second kappa shape index (κ2) is 9.82. The molecule has 10 nitrogen and oxygen atoms in total. The molecule has 1 unspecified atom stereocenters. The molecule has 1 aliphatic heterocycles. The van der Waals surface area contributed by atoms with Crippen molar-refractivity contribution >= 4 is 34.6 Å². The van der Waals surface area contributed by atoms with Gasteiger partial charge in [-0.2, -0.15) is 0 Å². The zero-order chi connectivity index (χ0) is 25.1. The lowest BCUT2D eigenvalue weighted by Gasteiger charge is -2.16. The van der Waals surface area contributed by atoms with E-state index in [0.717, 1.165) is 5.56 Å². The summed E-state index contributed by atoms with van der Waals surface area (Å²) >= 11 is 0. The smallest absolute Gasteiger partial charge is 0.310 e. The lowest BCUT2D eigenvalue weighted by atomic mass is 9.98. The Morgan fingerprint density at radius 2 is 1.77 bits per heavy atom. The minimum atomic E-state index is -0.647. The van der Waals surface area contributed by atoms with Gasteiger partial charge in [-0.25, -0.2) is 0 Å². The molecule has 1 aliphatic rings. The Morgan fingerprint density at radius 1 is 1.03 bits per heavy atom. The van der Waals surface area contributed by atoms with Gasteiger partial charge in [0.1, 0.15) is 0 Å². The van der Waals surface area contributed by atoms with E-state index in [0.29, 0.717) is 40.4 Å². The molecule has 2 amide bonds. The molecule has 0 fully saturated rings. The summed E-state index contributed by atoms with van der Waals surface area (Å²) in [4.78, 5) is 35.6. The van der Waals surface area contributed by atoms with Crippen LogP contribution in [0, 0.1) is 10.1 Å². The lowest BCUT2D eigenvalue weighted by molar-refractivity contribution is -0.385. The highest BCUT2D eigenvalue weighted by Crippen LogP contribution is 2.38. The standard InChI is InChI=1S/C25H24N4O6/c1-3-35-13-18(24(26)30)16-5-8-19-21(11-16)28-25(31)17-7-4-14(10-20(17)27-19)15-6-9-22(29(32)33)23(12-15)34-2/h4-12,18,27H,3,13H2,1-2H3,(H2,26,30)(H,28,31). The number of carbonyl (C=O) groups is 2. The predicted octanol–water partition coefficient (Wildman–Crippen LogP) is 4.19. The summed E-state index contributed by atoms with van der Waals surface area (Å²) in [6, 6.07) is 15.1. The molecule has 4 N–H and O–H groups in total. The Hall–Kier alpha value is -4.44. The summed E-state index contributed by atoms with van der Waals surface area (Å²) in [6.45, 7) is 2.43. The fourth-order valence-electron chi connectivity index (χ4n) is 3.94. The third-order valence-electron chi connectivity index (χ3n) is 5.77. The molecule has 180 valence electrons. The summed E-state index contributed by atoms with van der Waals surface area (Å²) in [5.41, 5.74) is 9.62. The topological polar surface area (TPSA) is 146 Å². The Labute approximate surface area is 201 Å². The van der Waals surface area contributed by atoms with Crippen LogP contribution in [0.5, 0.6) is 5.75 Å². The number of rotatable bonds is 8. The number of nitro groups is 1. The maximum atomic E-state index is 13.0. The van der Waals surface area contributed by atoms with Gasteiger partial charge in [-0.3, -0.25) is 19.7 Å². The van der Waals surface area contributed by atoms with Crippen molar-refractivity contribution in [1.82, 2.24) is 0 Å². The lowest BCUT2D eigenvalue weighted by Crippen LogP contribution is -2.25. The van der Waals surface area contributed by atoms with Gasteiger partial charge < -0.3 is 25.8 Å². The third kappa shape index (κ3) is 4.78. The number of nitrogens with one attached hydrogen (secondary N) is 2. The van der Waals surface area contributed by atoms with E-state index in [-0.39, 0.29) is 24.0 Å². The van der Waals surface area contributed by atoms with Crippen LogP contribution in [0.4, 0.5) is 22.7 Å². The molecule has 3 aromatic rings. The van der Waals surface area contributed by atoms with Crippen LogP contribution in [0.25, 0.3) is 11.1 Å². The average molecular weight is 476 g/mol. The normalized spacial score (nSPS) is 12.9. The van der Waals surface area contributed by atoms with Gasteiger partial charge in [-0.1, -0.05) is 12.1 Å². The summed E-state index contributed by atoms with van der Waals surface area (Å²) in [5.74, 6) is -1.34. The molecule has 35 heavy (non-hydrogen) atoms. The first-order valence-electron chi connectivity index (χ1n) is 10.9. The molecule has 0 saturated heterocycles. The molecule has 3 aromatic carbocycles. The average Bonchev–Trinajstić information content (AvgIpc) is 2.98. The van der Waals surface area contributed by atoms with Gasteiger partial charge in [0.25, 0.3) is 5.91 Å². The van der Waals surface area contributed by atoms with Crippen LogP contribution >= 0.6 is 0 Å². The molecule has 0 aromatic heterocycles. The molecule has 1 heterocycles. The van der Waals surface area contributed by atoms with Gasteiger partial charge in [0.15, 0.2) is 5.75 Å². The summed E-state index contributed by atoms with van der Waals surface area (Å²) in [6.07, 6.45) is 0. The number of methoxy groups -OCH3 is 1. The summed E-state index contributed by atoms with van der Waals surface area (Å²) in [7, 11) is 1.37. The quantitative estimate of drug-likeness (QED) is 0.326. The molecular weight excluding hydrogens is 452 g/mol. The van der Waals surface area contributed by atoms with Gasteiger partial charge in [0, 0.05) is 12.7 Å². The molecular formula is C25H24N4O6. The number of hydrogen-bond acceptors (Lipinski definition) is 7. The monoisotopic (exact) mass is 476 g/mol. The highest BCUT2D eigenvalue weighted by atomic mass is 16.6. The number of amides is 2. The van der Waals surface area contributed by atoms with Crippen LogP contribution in [0.15, 0.2) is 54.6 Å². The van der Waals surface area contributed by atoms with Crippen molar-refractivity contribution in [1.29, 1.82) is 0 Å². The van der Waals surface area contributed by atoms with E-state index in [1.807, 2.05) is 6.92 Å². The number of nitrogens with two attached hydrogens (primary N) is 1. The Morgan fingerprint density at radius 3 is 2.46 bits per heavy atom. The fraction of sp³-hybridized carbons (Fsp3) is 0.200. The second-order valence-electron chi connectivity index (χ2n) is 7.90. The molecule has 0 aliphatic carbocycles. The zero-order valence-electron chi connectivity index (χ0n) is 19.2. The number of benzene rings is 3. The first-order chi connectivity index (χ1) is 16.8. The number of nitrogens with zero attached hydrogens (tertiary/aromatic N) is 1. The van der Waals surface area contributed by atoms with Crippen LogP contribution < -0.4 is 21.1 Å². The van der Waals surface area contributed by atoms with Crippen LogP contribution in [0.1, 0.15) is 28.8 Å². The number of fused-ring (bicyclic) bond motifs is 2. The molecule has 10 heteroatoms. The zero-order valence-corrected chi connectivity index (χ0v) is 19.2. The van der Waals surface area contributed by atoms with E-state index in [4.69, 9.17) is 15.2 Å². The Bertz CT molecular complexity index is 1320. The van der Waals surface area contributed by atoms with Crippen LogP contribution in [0.3, 0.4) is 0 Å². The van der Waals surface area contributed by atoms with E-state index in [1.165, 1.54) is 13.2 Å². The Balaban J connectivity index is 1.69. The largest absolute Gasteiger partial charge is 0.490 e. The van der Waals surface area contributed by atoms with Crippen LogP contribution in [0.2, 0.25) is 0 Å². The van der Waals surface area contributed by atoms with Crippen molar-refractivity contribution in [2.45, 2.75) is 12.8 Å². The maximum absolute atomic E-state index is 13.0. The molecule has 0 bridgehead atoms. The summed E-state index contributed by atoms with van der Waals surface area (Å²) < 4.78 is 10.6. The number of nitro benzene ring substituents is 1. The maximum Gasteiger partial charge on any atom is 0.310 e. The van der Waals surface area contributed by atoms with E-state index in [1.54, 1.807) is 48.5 Å². The number of hydrogen-bond donors (Lipinski definition) is 3. The predicted molar refractivity (Wildman–Crippen MR) is 131 cm³/mol.